The van der Waals surface area contributed by atoms with Crippen LogP contribution in [0.5, 0.6) is 0 Å². The maximum Gasteiger partial charge on any atom is 0.239 e. The maximum atomic E-state index is 12.2. The third kappa shape index (κ3) is 5.11. The van der Waals surface area contributed by atoms with Gasteiger partial charge in [-0.2, -0.15) is 0 Å². The van der Waals surface area contributed by atoms with Gasteiger partial charge in [0.15, 0.2) is 0 Å². The van der Waals surface area contributed by atoms with Crippen molar-refractivity contribution in [3.8, 4) is 0 Å². The predicted octanol–water partition coefficient (Wildman–Crippen LogP) is 3.53. The van der Waals surface area contributed by atoms with Crippen LogP contribution in [0.3, 0.4) is 0 Å². The van der Waals surface area contributed by atoms with Crippen molar-refractivity contribution in [2.45, 2.75) is 19.9 Å². The van der Waals surface area contributed by atoms with Crippen molar-refractivity contribution in [2.24, 2.45) is 0 Å². The molecule has 0 aliphatic rings. The van der Waals surface area contributed by atoms with Gasteiger partial charge in [-0.1, -0.05) is 41.9 Å². The Kier molecular flexibility index (Phi) is 6.14. The number of amides is 2. The Morgan fingerprint density at radius 3 is 2.59 bits per heavy atom. The van der Waals surface area contributed by atoms with Gasteiger partial charge in [0.05, 0.1) is 6.54 Å². The number of nitrogens with one attached hydrogen (secondary N) is 2. The molecule has 3 rings (SSSR count). The summed E-state index contributed by atoms with van der Waals surface area (Å²) in [6.45, 7) is 2.43. The van der Waals surface area contributed by atoms with E-state index in [0.29, 0.717) is 24.5 Å². The molecule has 0 aliphatic heterocycles. The SMILES string of the molecule is CC(=O)N(CCc1c[nH]c2ccccc12)CC(=O)NCc1ccc(Cl)cc1. The third-order valence-corrected chi connectivity index (χ3v) is 4.76. The first-order valence-corrected chi connectivity index (χ1v) is 9.22. The molecule has 1 heterocycles. The molecule has 0 aliphatic carbocycles. The lowest BCUT2D eigenvalue weighted by Crippen LogP contribution is -2.40. The van der Waals surface area contributed by atoms with E-state index in [9.17, 15) is 9.59 Å². The average molecular weight is 384 g/mol. The van der Waals surface area contributed by atoms with Crippen LogP contribution in [-0.4, -0.2) is 34.8 Å². The predicted molar refractivity (Wildman–Crippen MR) is 108 cm³/mol. The summed E-state index contributed by atoms with van der Waals surface area (Å²) in [7, 11) is 0. The summed E-state index contributed by atoms with van der Waals surface area (Å²) in [5.41, 5.74) is 3.17. The number of nitrogens with zero attached hydrogens (tertiary/aromatic N) is 1. The molecule has 27 heavy (non-hydrogen) atoms. The summed E-state index contributed by atoms with van der Waals surface area (Å²) in [5.74, 6) is -0.296. The highest BCUT2D eigenvalue weighted by Gasteiger charge is 2.14. The maximum absolute atomic E-state index is 12.2. The summed E-state index contributed by atoms with van der Waals surface area (Å²) in [4.78, 5) is 29.0. The minimum Gasteiger partial charge on any atom is -0.361 e. The van der Waals surface area contributed by atoms with Crippen LogP contribution in [0.25, 0.3) is 10.9 Å². The van der Waals surface area contributed by atoms with Crippen LogP contribution >= 0.6 is 11.6 Å². The number of rotatable bonds is 7. The lowest BCUT2D eigenvalue weighted by molar-refractivity contribution is -0.134. The summed E-state index contributed by atoms with van der Waals surface area (Å²) in [5, 5.41) is 4.65. The van der Waals surface area contributed by atoms with Crippen LogP contribution in [-0.2, 0) is 22.6 Å². The summed E-state index contributed by atoms with van der Waals surface area (Å²) in [6.07, 6.45) is 2.65. The molecule has 0 fully saturated rings. The van der Waals surface area contributed by atoms with E-state index in [4.69, 9.17) is 11.6 Å². The normalized spacial score (nSPS) is 10.7. The van der Waals surface area contributed by atoms with Crippen molar-refractivity contribution in [3.05, 3.63) is 70.9 Å². The van der Waals surface area contributed by atoms with Gasteiger partial charge in [-0.15, -0.1) is 0 Å². The molecule has 0 spiro atoms. The molecule has 0 atom stereocenters. The molecule has 0 bridgehead atoms. The highest BCUT2D eigenvalue weighted by Crippen LogP contribution is 2.18. The molecule has 2 N–H and O–H groups in total. The molecule has 2 amide bonds. The van der Waals surface area contributed by atoms with Crippen molar-refractivity contribution in [1.82, 2.24) is 15.2 Å². The Bertz CT molecular complexity index is 934. The number of carbonyl (C=O) groups excluding carboxylic acids is 2. The summed E-state index contributed by atoms with van der Waals surface area (Å²) < 4.78 is 0. The van der Waals surface area contributed by atoms with E-state index in [-0.39, 0.29) is 18.4 Å². The van der Waals surface area contributed by atoms with Crippen molar-refractivity contribution in [1.29, 1.82) is 0 Å². The van der Waals surface area contributed by atoms with Gasteiger partial charge in [0, 0.05) is 42.1 Å². The molecule has 6 heteroatoms. The number of H-pyrrole nitrogens is 1. The van der Waals surface area contributed by atoms with Crippen LogP contribution in [0.2, 0.25) is 5.02 Å². The quantitative estimate of drug-likeness (QED) is 0.655. The molecular formula is C21H22ClN3O2. The lowest BCUT2D eigenvalue weighted by atomic mass is 10.1. The van der Waals surface area contributed by atoms with Crippen molar-refractivity contribution in [2.75, 3.05) is 13.1 Å². The molecule has 0 radical (unpaired) electrons. The van der Waals surface area contributed by atoms with Gasteiger partial charge in [-0.25, -0.2) is 0 Å². The van der Waals surface area contributed by atoms with E-state index >= 15 is 0 Å². The van der Waals surface area contributed by atoms with Crippen LogP contribution in [0.4, 0.5) is 0 Å². The second-order valence-corrected chi connectivity index (χ2v) is 6.89. The lowest BCUT2D eigenvalue weighted by Gasteiger charge is -2.20. The first kappa shape index (κ1) is 19.0. The zero-order chi connectivity index (χ0) is 19.2. The Labute approximate surface area is 163 Å². The average Bonchev–Trinajstić information content (AvgIpc) is 3.07. The van der Waals surface area contributed by atoms with Gasteiger partial charge >= 0.3 is 0 Å². The fourth-order valence-corrected chi connectivity index (χ4v) is 3.10. The van der Waals surface area contributed by atoms with Crippen LogP contribution in [0.1, 0.15) is 18.1 Å². The van der Waals surface area contributed by atoms with E-state index in [1.807, 2.05) is 36.5 Å². The first-order chi connectivity index (χ1) is 13.0. The minimum absolute atomic E-state index is 0.0469. The second kappa shape index (κ2) is 8.73. The molecule has 0 saturated carbocycles. The van der Waals surface area contributed by atoms with Gasteiger partial charge in [0.25, 0.3) is 0 Å². The molecular weight excluding hydrogens is 362 g/mol. The summed E-state index contributed by atoms with van der Waals surface area (Å²) in [6, 6.07) is 15.3. The highest BCUT2D eigenvalue weighted by molar-refractivity contribution is 6.30. The zero-order valence-corrected chi connectivity index (χ0v) is 15.9. The number of benzene rings is 2. The van der Waals surface area contributed by atoms with E-state index in [0.717, 1.165) is 22.0 Å². The van der Waals surface area contributed by atoms with Gasteiger partial charge in [-0.3, -0.25) is 9.59 Å². The third-order valence-electron chi connectivity index (χ3n) is 4.51. The van der Waals surface area contributed by atoms with Crippen molar-refractivity contribution in [3.63, 3.8) is 0 Å². The molecule has 0 saturated heterocycles. The van der Waals surface area contributed by atoms with Gasteiger partial charge in [0.1, 0.15) is 0 Å². The Hall–Kier alpha value is -2.79. The van der Waals surface area contributed by atoms with Gasteiger partial charge in [-0.05, 0) is 35.7 Å². The van der Waals surface area contributed by atoms with E-state index in [1.54, 1.807) is 17.0 Å². The second-order valence-electron chi connectivity index (χ2n) is 6.45. The number of para-hydroxylation sites is 1. The number of hydrogen-bond donors (Lipinski definition) is 2. The Morgan fingerprint density at radius 2 is 1.85 bits per heavy atom. The largest absolute Gasteiger partial charge is 0.361 e. The number of halogens is 1. The van der Waals surface area contributed by atoms with Gasteiger partial charge < -0.3 is 15.2 Å². The highest BCUT2D eigenvalue weighted by atomic mass is 35.5. The van der Waals surface area contributed by atoms with Crippen LogP contribution in [0, 0.1) is 0 Å². The van der Waals surface area contributed by atoms with E-state index in [2.05, 4.69) is 16.4 Å². The molecule has 3 aromatic rings. The fourth-order valence-electron chi connectivity index (χ4n) is 2.97. The van der Waals surface area contributed by atoms with Crippen molar-refractivity contribution >= 4 is 34.3 Å². The van der Waals surface area contributed by atoms with E-state index in [1.165, 1.54) is 6.92 Å². The molecule has 140 valence electrons. The summed E-state index contributed by atoms with van der Waals surface area (Å²) >= 11 is 5.86. The Morgan fingerprint density at radius 1 is 1.11 bits per heavy atom. The van der Waals surface area contributed by atoms with E-state index < -0.39 is 0 Å². The topological polar surface area (TPSA) is 65.2 Å². The smallest absolute Gasteiger partial charge is 0.239 e. The number of carbonyl (C=O) groups is 2. The minimum atomic E-state index is -0.181. The van der Waals surface area contributed by atoms with Crippen molar-refractivity contribution < 1.29 is 9.59 Å². The molecule has 0 unspecified atom stereocenters. The fraction of sp³-hybridized carbons (Fsp3) is 0.238. The standard InChI is InChI=1S/C21H22ClN3O2/c1-15(26)25(11-10-17-13-23-20-5-3-2-4-19(17)20)14-21(27)24-12-16-6-8-18(22)9-7-16/h2-9,13,23H,10-12,14H2,1H3,(H,24,27). The Balaban J connectivity index is 1.54. The number of hydrogen-bond acceptors (Lipinski definition) is 2. The van der Waals surface area contributed by atoms with Crippen LogP contribution in [0.15, 0.2) is 54.7 Å². The number of aromatic nitrogens is 1. The molecule has 2 aromatic carbocycles. The monoisotopic (exact) mass is 383 g/mol. The molecule has 1 aromatic heterocycles. The first-order valence-electron chi connectivity index (χ1n) is 8.84. The molecule has 5 nitrogen and oxygen atoms in total. The number of aromatic amines is 1. The van der Waals surface area contributed by atoms with Crippen LogP contribution < -0.4 is 5.32 Å². The van der Waals surface area contributed by atoms with Gasteiger partial charge in [0.2, 0.25) is 11.8 Å². The zero-order valence-electron chi connectivity index (χ0n) is 15.2. The number of fused-ring (bicyclic) bond motifs is 1.